The SMILES string of the molecule is COCCCn1ncc(C(=O)O)c1C. The molecule has 14 heavy (non-hydrogen) atoms. The van der Waals surface area contributed by atoms with Crippen LogP contribution in [0.3, 0.4) is 0 Å². The fourth-order valence-corrected chi connectivity index (χ4v) is 1.24. The first-order chi connectivity index (χ1) is 6.66. The molecule has 0 amide bonds. The van der Waals surface area contributed by atoms with Crippen molar-refractivity contribution in [3.8, 4) is 0 Å². The number of methoxy groups -OCH3 is 1. The van der Waals surface area contributed by atoms with Crippen molar-refractivity contribution in [1.82, 2.24) is 9.78 Å². The van der Waals surface area contributed by atoms with Crippen LogP contribution in [0.15, 0.2) is 6.20 Å². The summed E-state index contributed by atoms with van der Waals surface area (Å²) in [5, 5.41) is 12.8. The van der Waals surface area contributed by atoms with Crippen molar-refractivity contribution in [1.29, 1.82) is 0 Å². The van der Waals surface area contributed by atoms with E-state index in [0.717, 1.165) is 6.42 Å². The zero-order valence-electron chi connectivity index (χ0n) is 8.36. The molecule has 5 nitrogen and oxygen atoms in total. The zero-order chi connectivity index (χ0) is 10.6. The Hall–Kier alpha value is -1.36. The highest BCUT2D eigenvalue weighted by molar-refractivity contribution is 5.88. The molecule has 1 heterocycles. The molecule has 0 fully saturated rings. The number of aromatic carboxylic acids is 1. The number of carboxylic acids is 1. The van der Waals surface area contributed by atoms with E-state index in [9.17, 15) is 4.79 Å². The van der Waals surface area contributed by atoms with E-state index < -0.39 is 5.97 Å². The lowest BCUT2D eigenvalue weighted by molar-refractivity contribution is 0.0696. The smallest absolute Gasteiger partial charge is 0.339 e. The van der Waals surface area contributed by atoms with Gasteiger partial charge in [0, 0.05) is 26.0 Å². The van der Waals surface area contributed by atoms with Gasteiger partial charge in [0.2, 0.25) is 0 Å². The highest BCUT2D eigenvalue weighted by Crippen LogP contribution is 2.07. The molecule has 0 saturated carbocycles. The molecule has 1 aromatic rings. The van der Waals surface area contributed by atoms with Gasteiger partial charge in [0.05, 0.1) is 6.20 Å². The quantitative estimate of drug-likeness (QED) is 0.715. The Morgan fingerprint density at radius 1 is 1.71 bits per heavy atom. The summed E-state index contributed by atoms with van der Waals surface area (Å²) in [7, 11) is 1.64. The minimum Gasteiger partial charge on any atom is -0.478 e. The van der Waals surface area contributed by atoms with Crippen molar-refractivity contribution in [2.24, 2.45) is 0 Å². The van der Waals surface area contributed by atoms with Crippen LogP contribution in [0, 0.1) is 6.92 Å². The van der Waals surface area contributed by atoms with Gasteiger partial charge in [0.15, 0.2) is 0 Å². The summed E-state index contributed by atoms with van der Waals surface area (Å²) in [4.78, 5) is 10.7. The maximum absolute atomic E-state index is 10.7. The molecule has 1 rings (SSSR count). The third-order valence-electron chi connectivity index (χ3n) is 2.05. The second-order valence-electron chi connectivity index (χ2n) is 3.02. The summed E-state index contributed by atoms with van der Waals surface area (Å²) in [6, 6.07) is 0. The molecule has 0 bridgehead atoms. The van der Waals surface area contributed by atoms with Gasteiger partial charge >= 0.3 is 5.97 Å². The number of aryl methyl sites for hydroxylation is 1. The van der Waals surface area contributed by atoms with Gasteiger partial charge < -0.3 is 9.84 Å². The van der Waals surface area contributed by atoms with Gasteiger partial charge in [-0.1, -0.05) is 0 Å². The molecule has 0 aliphatic heterocycles. The standard InChI is InChI=1S/C9H14N2O3/c1-7-8(9(12)13)6-10-11(7)4-3-5-14-2/h6H,3-5H2,1-2H3,(H,12,13). The molecule has 0 aromatic carbocycles. The topological polar surface area (TPSA) is 64.4 Å². The maximum atomic E-state index is 10.7. The highest BCUT2D eigenvalue weighted by atomic mass is 16.5. The minimum absolute atomic E-state index is 0.266. The molecule has 78 valence electrons. The van der Waals surface area contributed by atoms with E-state index in [2.05, 4.69) is 5.10 Å². The normalized spacial score (nSPS) is 10.4. The summed E-state index contributed by atoms with van der Waals surface area (Å²) in [5.41, 5.74) is 0.955. The van der Waals surface area contributed by atoms with Crippen molar-refractivity contribution >= 4 is 5.97 Å². The molecular formula is C9H14N2O3. The summed E-state index contributed by atoms with van der Waals surface area (Å²) < 4.78 is 6.58. The lowest BCUT2D eigenvalue weighted by Crippen LogP contribution is -2.06. The molecule has 0 saturated heterocycles. The van der Waals surface area contributed by atoms with E-state index in [4.69, 9.17) is 9.84 Å². The monoisotopic (exact) mass is 198 g/mol. The molecule has 0 spiro atoms. The van der Waals surface area contributed by atoms with E-state index in [-0.39, 0.29) is 5.56 Å². The molecular weight excluding hydrogens is 184 g/mol. The average Bonchev–Trinajstić information content (AvgIpc) is 2.48. The maximum Gasteiger partial charge on any atom is 0.339 e. The van der Waals surface area contributed by atoms with Crippen molar-refractivity contribution in [2.45, 2.75) is 19.9 Å². The van der Waals surface area contributed by atoms with E-state index in [1.807, 2.05) is 0 Å². The first-order valence-electron chi connectivity index (χ1n) is 4.41. The van der Waals surface area contributed by atoms with Gasteiger partial charge in [0.25, 0.3) is 0 Å². The Morgan fingerprint density at radius 2 is 2.43 bits per heavy atom. The van der Waals surface area contributed by atoms with E-state index >= 15 is 0 Å². The van der Waals surface area contributed by atoms with Crippen molar-refractivity contribution < 1.29 is 14.6 Å². The van der Waals surface area contributed by atoms with Gasteiger partial charge in [-0.05, 0) is 13.3 Å². The Labute approximate surface area is 82.3 Å². The third kappa shape index (κ3) is 2.32. The number of aromatic nitrogens is 2. The van der Waals surface area contributed by atoms with Gasteiger partial charge in [-0.2, -0.15) is 5.10 Å². The van der Waals surface area contributed by atoms with Crippen LogP contribution in [0.1, 0.15) is 22.5 Å². The molecule has 1 aromatic heterocycles. The fourth-order valence-electron chi connectivity index (χ4n) is 1.24. The van der Waals surface area contributed by atoms with Gasteiger partial charge in [0.1, 0.15) is 5.56 Å². The van der Waals surface area contributed by atoms with E-state index in [0.29, 0.717) is 18.8 Å². The molecule has 1 N–H and O–H groups in total. The molecule has 0 atom stereocenters. The van der Waals surface area contributed by atoms with Crippen molar-refractivity contribution in [2.75, 3.05) is 13.7 Å². The third-order valence-corrected chi connectivity index (χ3v) is 2.05. The first-order valence-corrected chi connectivity index (χ1v) is 4.41. The summed E-state index contributed by atoms with van der Waals surface area (Å²) in [6.07, 6.45) is 2.21. The minimum atomic E-state index is -0.930. The van der Waals surface area contributed by atoms with Gasteiger partial charge in [-0.15, -0.1) is 0 Å². The largest absolute Gasteiger partial charge is 0.478 e. The molecule has 0 aliphatic carbocycles. The number of rotatable bonds is 5. The predicted octanol–water partition coefficient (Wildman–Crippen LogP) is 0.926. The summed E-state index contributed by atoms with van der Waals surface area (Å²) in [5.74, 6) is -0.930. The molecule has 0 unspecified atom stereocenters. The number of hydrogen-bond acceptors (Lipinski definition) is 3. The van der Waals surface area contributed by atoms with Crippen LogP contribution in [0.2, 0.25) is 0 Å². The number of carboxylic acid groups (broad SMARTS) is 1. The van der Waals surface area contributed by atoms with Gasteiger partial charge in [-0.3, -0.25) is 4.68 Å². The summed E-state index contributed by atoms with van der Waals surface area (Å²) in [6.45, 7) is 3.10. The highest BCUT2D eigenvalue weighted by Gasteiger charge is 2.11. The van der Waals surface area contributed by atoms with Crippen LogP contribution in [0.5, 0.6) is 0 Å². The van der Waals surface area contributed by atoms with Crippen LogP contribution in [0.25, 0.3) is 0 Å². The van der Waals surface area contributed by atoms with Crippen LogP contribution >= 0.6 is 0 Å². The Morgan fingerprint density at radius 3 is 2.93 bits per heavy atom. The van der Waals surface area contributed by atoms with Crippen molar-refractivity contribution in [3.05, 3.63) is 17.5 Å². The lowest BCUT2D eigenvalue weighted by Gasteiger charge is -2.03. The number of ether oxygens (including phenoxy) is 1. The van der Waals surface area contributed by atoms with Crippen LogP contribution in [-0.4, -0.2) is 34.6 Å². The molecule has 0 radical (unpaired) electrons. The number of hydrogen-bond donors (Lipinski definition) is 1. The molecule has 0 aliphatic rings. The zero-order valence-corrected chi connectivity index (χ0v) is 8.36. The van der Waals surface area contributed by atoms with E-state index in [1.54, 1.807) is 18.7 Å². The Balaban J connectivity index is 2.65. The lowest BCUT2D eigenvalue weighted by atomic mass is 10.2. The fraction of sp³-hybridized carbons (Fsp3) is 0.556. The van der Waals surface area contributed by atoms with Crippen LogP contribution < -0.4 is 0 Å². The van der Waals surface area contributed by atoms with Crippen molar-refractivity contribution in [3.63, 3.8) is 0 Å². The van der Waals surface area contributed by atoms with Crippen LogP contribution in [0.4, 0.5) is 0 Å². The predicted molar refractivity (Wildman–Crippen MR) is 50.4 cm³/mol. The second-order valence-corrected chi connectivity index (χ2v) is 3.02. The summed E-state index contributed by atoms with van der Waals surface area (Å²) >= 11 is 0. The Kier molecular flexibility index (Phi) is 3.64. The van der Waals surface area contributed by atoms with Crippen LogP contribution in [-0.2, 0) is 11.3 Å². The first kappa shape index (κ1) is 10.7. The average molecular weight is 198 g/mol. The molecule has 5 heteroatoms. The number of carbonyl (C=O) groups is 1. The number of nitrogens with zero attached hydrogens (tertiary/aromatic N) is 2. The Bertz CT molecular complexity index is 320. The second kappa shape index (κ2) is 4.76. The van der Waals surface area contributed by atoms with Gasteiger partial charge in [-0.25, -0.2) is 4.79 Å². The van der Waals surface area contributed by atoms with E-state index in [1.165, 1.54) is 6.20 Å².